The van der Waals surface area contributed by atoms with Crippen LogP contribution in [-0.4, -0.2) is 52.6 Å². The van der Waals surface area contributed by atoms with Crippen LogP contribution >= 0.6 is 11.8 Å². The maximum Gasteiger partial charge on any atom is 0.317 e. The van der Waals surface area contributed by atoms with E-state index in [0.717, 1.165) is 5.75 Å². The van der Waals surface area contributed by atoms with Gasteiger partial charge in [-0.2, -0.15) is 0 Å². The van der Waals surface area contributed by atoms with Crippen LogP contribution in [0, 0.1) is 18.3 Å². The molecule has 1 aliphatic heterocycles. The van der Waals surface area contributed by atoms with Crippen molar-refractivity contribution in [2.75, 3.05) is 24.6 Å². The Labute approximate surface area is 111 Å². The first kappa shape index (κ1) is 14.7. The number of terminal acetylenes is 1. The Balaban J connectivity index is 2.31. The van der Waals surface area contributed by atoms with Crippen molar-refractivity contribution in [3.05, 3.63) is 0 Å². The average Bonchev–Trinajstić information content (AvgIpc) is 2.70. The maximum atomic E-state index is 11.8. The summed E-state index contributed by atoms with van der Waals surface area (Å²) in [5.41, 5.74) is 0. The van der Waals surface area contributed by atoms with Crippen molar-refractivity contribution in [2.24, 2.45) is 5.92 Å². The Kier molecular flexibility index (Phi) is 5.86. The van der Waals surface area contributed by atoms with Crippen LogP contribution in [0.4, 0.5) is 4.79 Å². The van der Waals surface area contributed by atoms with Crippen molar-refractivity contribution in [1.29, 1.82) is 0 Å². The zero-order valence-electron chi connectivity index (χ0n) is 10.4. The molecule has 6 heteroatoms. The number of rotatable bonds is 5. The third-order valence-electron chi connectivity index (χ3n) is 3.04. The molecule has 0 aromatic carbocycles. The molecule has 1 aliphatic rings. The Bertz CT molecular complexity index is 354. The van der Waals surface area contributed by atoms with Crippen molar-refractivity contribution in [3.63, 3.8) is 0 Å². The minimum Gasteiger partial charge on any atom is -0.481 e. The van der Waals surface area contributed by atoms with E-state index in [-0.39, 0.29) is 12.1 Å². The van der Waals surface area contributed by atoms with E-state index in [1.165, 1.54) is 0 Å². The molecule has 0 aliphatic carbocycles. The van der Waals surface area contributed by atoms with Crippen LogP contribution in [0.15, 0.2) is 0 Å². The molecular weight excluding hydrogens is 252 g/mol. The van der Waals surface area contributed by atoms with Gasteiger partial charge >= 0.3 is 12.0 Å². The summed E-state index contributed by atoms with van der Waals surface area (Å²) in [6.45, 7) is 2.83. The predicted molar refractivity (Wildman–Crippen MR) is 71.5 cm³/mol. The zero-order chi connectivity index (χ0) is 13.5. The quantitative estimate of drug-likeness (QED) is 0.574. The summed E-state index contributed by atoms with van der Waals surface area (Å²) in [6, 6.07) is -0.437. The van der Waals surface area contributed by atoms with Crippen molar-refractivity contribution >= 4 is 23.8 Å². The Hall–Kier alpha value is -1.35. The number of thioether (sulfide) groups is 1. The number of aliphatic carboxylic acids is 1. The second kappa shape index (κ2) is 7.17. The summed E-state index contributed by atoms with van der Waals surface area (Å²) < 4.78 is 0. The minimum absolute atomic E-state index is 0.187. The number of likely N-dealkylation sites (tertiary alicyclic amines) is 1. The van der Waals surface area contributed by atoms with Gasteiger partial charge in [0.15, 0.2) is 0 Å². The van der Waals surface area contributed by atoms with E-state index in [1.54, 1.807) is 23.6 Å². The molecule has 0 aromatic heterocycles. The smallest absolute Gasteiger partial charge is 0.317 e. The number of urea groups is 1. The Morgan fingerprint density at radius 3 is 2.89 bits per heavy atom. The van der Waals surface area contributed by atoms with Crippen LogP contribution in [0.5, 0.6) is 0 Å². The number of carbonyl (C=O) groups is 2. The molecule has 100 valence electrons. The van der Waals surface area contributed by atoms with Gasteiger partial charge in [-0.3, -0.25) is 4.79 Å². The monoisotopic (exact) mass is 270 g/mol. The fourth-order valence-corrected chi connectivity index (χ4v) is 2.53. The minimum atomic E-state index is -0.831. The van der Waals surface area contributed by atoms with Crippen LogP contribution in [0.25, 0.3) is 0 Å². The van der Waals surface area contributed by atoms with Gasteiger partial charge in [-0.15, -0.1) is 18.2 Å². The summed E-state index contributed by atoms with van der Waals surface area (Å²) in [6.07, 6.45) is 5.63. The molecule has 1 heterocycles. The fraction of sp³-hybridized carbons (Fsp3) is 0.667. The summed E-state index contributed by atoms with van der Waals surface area (Å²) >= 11 is 1.58. The molecule has 5 nitrogen and oxygen atoms in total. The topological polar surface area (TPSA) is 69.6 Å². The number of carboxylic acids is 1. The highest BCUT2D eigenvalue weighted by Gasteiger charge is 2.37. The van der Waals surface area contributed by atoms with Crippen LogP contribution in [0.2, 0.25) is 0 Å². The van der Waals surface area contributed by atoms with Crippen molar-refractivity contribution < 1.29 is 14.7 Å². The molecule has 1 rings (SSSR count). The highest BCUT2D eigenvalue weighted by molar-refractivity contribution is 7.99. The highest BCUT2D eigenvalue weighted by atomic mass is 32.2. The summed E-state index contributed by atoms with van der Waals surface area (Å²) in [7, 11) is 0. The summed E-state index contributed by atoms with van der Waals surface area (Å²) in [5, 5.41) is 11.8. The van der Waals surface area contributed by atoms with Gasteiger partial charge in [-0.1, -0.05) is 5.92 Å². The third-order valence-corrected chi connectivity index (χ3v) is 3.90. The standard InChI is InChI=1S/C12H18N2O3S/c1-3-7-18-8-5-13-12(17)14-6-4-10(9(14)2)11(15)16/h1,9-10H,4-8H2,2H3,(H,13,17)(H,15,16). The molecule has 0 saturated carbocycles. The van der Waals surface area contributed by atoms with E-state index in [4.69, 9.17) is 11.5 Å². The number of carbonyl (C=O) groups excluding carboxylic acids is 1. The van der Waals surface area contributed by atoms with Gasteiger partial charge in [0.25, 0.3) is 0 Å². The number of hydrogen-bond acceptors (Lipinski definition) is 3. The summed E-state index contributed by atoms with van der Waals surface area (Å²) in [5.74, 6) is 2.63. The number of carboxylic acid groups (broad SMARTS) is 1. The maximum absolute atomic E-state index is 11.8. The Morgan fingerprint density at radius 1 is 1.61 bits per heavy atom. The van der Waals surface area contributed by atoms with Gasteiger partial charge in [0.1, 0.15) is 0 Å². The number of hydrogen-bond donors (Lipinski definition) is 2. The lowest BCUT2D eigenvalue weighted by atomic mass is 10.0. The molecule has 2 N–H and O–H groups in total. The van der Waals surface area contributed by atoms with E-state index >= 15 is 0 Å². The number of amides is 2. The van der Waals surface area contributed by atoms with Gasteiger partial charge < -0.3 is 15.3 Å². The van der Waals surface area contributed by atoms with E-state index in [2.05, 4.69) is 11.2 Å². The molecule has 0 radical (unpaired) electrons. The molecule has 0 bridgehead atoms. The second-order valence-electron chi connectivity index (χ2n) is 4.16. The Morgan fingerprint density at radius 2 is 2.33 bits per heavy atom. The van der Waals surface area contributed by atoms with Gasteiger partial charge in [0.05, 0.1) is 11.7 Å². The van der Waals surface area contributed by atoms with Gasteiger partial charge in [0, 0.05) is 24.9 Å². The molecule has 1 saturated heterocycles. The van der Waals surface area contributed by atoms with Crippen LogP contribution in [0.3, 0.4) is 0 Å². The van der Waals surface area contributed by atoms with Crippen molar-refractivity contribution in [3.8, 4) is 12.3 Å². The van der Waals surface area contributed by atoms with Crippen molar-refractivity contribution in [2.45, 2.75) is 19.4 Å². The van der Waals surface area contributed by atoms with E-state index in [0.29, 0.717) is 25.3 Å². The average molecular weight is 270 g/mol. The van der Waals surface area contributed by atoms with Gasteiger partial charge in [0.2, 0.25) is 0 Å². The molecular formula is C12H18N2O3S. The first-order valence-electron chi connectivity index (χ1n) is 5.86. The first-order chi connectivity index (χ1) is 8.57. The normalized spacial score (nSPS) is 22.6. The largest absolute Gasteiger partial charge is 0.481 e. The molecule has 2 amide bonds. The highest BCUT2D eigenvalue weighted by Crippen LogP contribution is 2.24. The predicted octanol–water partition coefficient (Wildman–Crippen LogP) is 0.857. The molecule has 2 unspecified atom stereocenters. The van der Waals surface area contributed by atoms with E-state index in [9.17, 15) is 9.59 Å². The third kappa shape index (κ3) is 3.84. The lowest BCUT2D eigenvalue weighted by Gasteiger charge is -2.23. The summed E-state index contributed by atoms with van der Waals surface area (Å²) in [4.78, 5) is 24.3. The fourth-order valence-electron chi connectivity index (χ4n) is 2.02. The SMILES string of the molecule is C#CCSCCNC(=O)N1CCC(C(=O)O)C1C. The van der Waals surface area contributed by atoms with E-state index < -0.39 is 11.9 Å². The van der Waals surface area contributed by atoms with Crippen LogP contribution in [-0.2, 0) is 4.79 Å². The lowest BCUT2D eigenvalue weighted by Crippen LogP contribution is -2.44. The van der Waals surface area contributed by atoms with Gasteiger partial charge in [-0.05, 0) is 13.3 Å². The zero-order valence-corrected chi connectivity index (χ0v) is 11.2. The van der Waals surface area contributed by atoms with Gasteiger partial charge in [-0.25, -0.2) is 4.79 Å². The molecule has 18 heavy (non-hydrogen) atoms. The van der Waals surface area contributed by atoms with Crippen LogP contribution < -0.4 is 5.32 Å². The molecule has 0 aromatic rings. The van der Waals surface area contributed by atoms with Crippen molar-refractivity contribution in [1.82, 2.24) is 10.2 Å². The molecule has 2 atom stereocenters. The lowest BCUT2D eigenvalue weighted by molar-refractivity contribution is -0.142. The number of nitrogens with zero attached hydrogens (tertiary/aromatic N) is 1. The first-order valence-corrected chi connectivity index (χ1v) is 7.02. The second-order valence-corrected chi connectivity index (χ2v) is 5.26. The van der Waals surface area contributed by atoms with E-state index in [1.807, 2.05) is 0 Å². The molecule has 0 spiro atoms. The number of nitrogens with one attached hydrogen (secondary N) is 1. The van der Waals surface area contributed by atoms with Crippen LogP contribution in [0.1, 0.15) is 13.3 Å². The molecule has 1 fully saturated rings.